The minimum Gasteiger partial charge on any atom is -0.378 e. The predicted octanol–water partition coefficient (Wildman–Crippen LogP) is 1.61. The third-order valence-corrected chi connectivity index (χ3v) is 3.05. The lowest BCUT2D eigenvalue weighted by Crippen LogP contribution is -2.09. The minimum absolute atomic E-state index is 0.00374. The van der Waals surface area contributed by atoms with Crippen LogP contribution in [0, 0.1) is 0 Å². The molecular weight excluding hydrogens is 238 g/mol. The topological polar surface area (TPSA) is 63.2 Å². The van der Waals surface area contributed by atoms with E-state index in [4.69, 9.17) is 10.7 Å². The predicted molar refractivity (Wildman–Crippen MR) is 58.7 cm³/mol. The van der Waals surface area contributed by atoms with Crippen LogP contribution in [0.5, 0.6) is 0 Å². The lowest BCUT2D eigenvalue weighted by Gasteiger charge is -2.03. The summed E-state index contributed by atoms with van der Waals surface area (Å²) >= 11 is 0. The molecule has 0 atom stereocenters. The fourth-order valence-electron chi connectivity index (χ4n) is 0.962. The molecule has 1 rings (SSSR count). The number of ketones is 1. The molecule has 0 unspecified atom stereocenters. The van der Waals surface area contributed by atoms with E-state index in [1.807, 2.05) is 0 Å². The van der Waals surface area contributed by atoms with Gasteiger partial charge in [0.05, 0.1) is 11.4 Å². The number of hydrogen-bond donors (Lipinski definition) is 1. The van der Waals surface area contributed by atoms with E-state index >= 15 is 0 Å². The van der Waals surface area contributed by atoms with Gasteiger partial charge in [-0.05, 0) is 31.2 Å². The molecule has 0 bridgehead atoms. The molecule has 0 aliphatic rings. The first-order valence-electron chi connectivity index (χ1n) is 4.17. The Morgan fingerprint density at radius 3 is 2.27 bits per heavy atom. The molecule has 0 fully saturated rings. The van der Waals surface area contributed by atoms with Crippen LogP contribution in [0.15, 0.2) is 29.2 Å². The molecule has 4 nitrogen and oxygen atoms in total. The summed E-state index contributed by atoms with van der Waals surface area (Å²) in [5, 5.41) is 2.84. The zero-order valence-electron chi connectivity index (χ0n) is 8.03. The summed E-state index contributed by atoms with van der Waals surface area (Å²) in [6, 6.07) is 5.87. The summed E-state index contributed by atoms with van der Waals surface area (Å²) in [6.45, 7) is 1.68. The number of halogens is 1. The first-order chi connectivity index (χ1) is 6.89. The molecule has 0 saturated carbocycles. The molecule has 0 aliphatic heterocycles. The number of nitrogens with one attached hydrogen (secondary N) is 1. The van der Waals surface area contributed by atoms with Gasteiger partial charge in [-0.3, -0.25) is 4.79 Å². The number of carbonyl (C=O) groups excluding carboxylic acids is 1. The maximum atomic E-state index is 10.9. The highest BCUT2D eigenvalue weighted by Crippen LogP contribution is 2.17. The summed E-state index contributed by atoms with van der Waals surface area (Å²) in [5.41, 5.74) is 0.675. The van der Waals surface area contributed by atoms with E-state index in [1.165, 1.54) is 19.1 Å². The van der Waals surface area contributed by atoms with Crippen molar-refractivity contribution >= 4 is 31.2 Å². The van der Waals surface area contributed by atoms with E-state index in [0.29, 0.717) is 5.69 Å². The average molecular weight is 248 g/mol. The van der Waals surface area contributed by atoms with Crippen molar-refractivity contribution in [1.29, 1.82) is 0 Å². The van der Waals surface area contributed by atoms with Gasteiger partial charge in [-0.25, -0.2) is 8.42 Å². The third-order valence-electron chi connectivity index (χ3n) is 1.68. The largest absolute Gasteiger partial charge is 0.378 e. The van der Waals surface area contributed by atoms with Crippen molar-refractivity contribution in [1.82, 2.24) is 0 Å². The van der Waals surface area contributed by atoms with Gasteiger partial charge in [0.25, 0.3) is 9.05 Å². The van der Waals surface area contributed by atoms with E-state index in [9.17, 15) is 13.2 Å². The molecular formula is C9H10ClNO3S. The van der Waals surface area contributed by atoms with Crippen LogP contribution in [-0.2, 0) is 13.8 Å². The van der Waals surface area contributed by atoms with Crippen molar-refractivity contribution in [3.05, 3.63) is 24.3 Å². The first-order valence-corrected chi connectivity index (χ1v) is 6.48. The van der Waals surface area contributed by atoms with Crippen molar-refractivity contribution in [2.24, 2.45) is 0 Å². The van der Waals surface area contributed by atoms with Crippen molar-refractivity contribution in [3.8, 4) is 0 Å². The number of rotatable bonds is 4. The summed E-state index contributed by atoms with van der Waals surface area (Å²) in [7, 11) is 1.46. The molecule has 15 heavy (non-hydrogen) atoms. The van der Waals surface area contributed by atoms with Crippen LogP contribution in [0.4, 0.5) is 5.69 Å². The molecule has 0 radical (unpaired) electrons. The fraction of sp³-hybridized carbons (Fsp3) is 0.222. The number of anilines is 1. The Bertz CT molecular complexity index is 453. The minimum atomic E-state index is -3.67. The van der Waals surface area contributed by atoms with E-state index in [-0.39, 0.29) is 17.2 Å². The van der Waals surface area contributed by atoms with Gasteiger partial charge in [0.15, 0.2) is 0 Å². The summed E-state index contributed by atoms with van der Waals surface area (Å²) in [6.07, 6.45) is 0. The quantitative estimate of drug-likeness (QED) is 0.822. The Morgan fingerprint density at radius 1 is 1.33 bits per heavy atom. The Labute approximate surface area is 92.7 Å². The highest BCUT2D eigenvalue weighted by molar-refractivity contribution is 8.13. The van der Waals surface area contributed by atoms with Gasteiger partial charge in [-0.1, -0.05) is 0 Å². The average Bonchev–Trinajstić information content (AvgIpc) is 2.14. The van der Waals surface area contributed by atoms with Crippen molar-refractivity contribution in [2.45, 2.75) is 11.8 Å². The molecule has 1 N–H and O–H groups in total. The zero-order chi connectivity index (χ0) is 11.5. The van der Waals surface area contributed by atoms with Gasteiger partial charge in [-0.2, -0.15) is 0 Å². The second-order valence-corrected chi connectivity index (χ2v) is 5.58. The number of benzene rings is 1. The van der Waals surface area contributed by atoms with E-state index in [0.717, 1.165) is 0 Å². The van der Waals surface area contributed by atoms with Crippen LogP contribution in [0.25, 0.3) is 0 Å². The van der Waals surface area contributed by atoms with Crippen LogP contribution in [-0.4, -0.2) is 20.7 Å². The van der Waals surface area contributed by atoms with Gasteiger partial charge in [0.1, 0.15) is 5.78 Å². The SMILES string of the molecule is CC(=O)CNc1ccc(S(=O)(=O)Cl)cc1. The Morgan fingerprint density at radius 2 is 1.87 bits per heavy atom. The highest BCUT2D eigenvalue weighted by Gasteiger charge is 2.08. The summed E-state index contributed by atoms with van der Waals surface area (Å²) in [4.78, 5) is 10.7. The van der Waals surface area contributed by atoms with Crippen LogP contribution < -0.4 is 5.32 Å². The first kappa shape index (κ1) is 12.0. The Balaban J connectivity index is 2.77. The molecule has 82 valence electrons. The lowest BCUT2D eigenvalue weighted by molar-refractivity contribution is -0.115. The third kappa shape index (κ3) is 3.89. The maximum Gasteiger partial charge on any atom is 0.261 e. The summed E-state index contributed by atoms with van der Waals surface area (Å²) in [5.74, 6) is 0.00374. The second-order valence-electron chi connectivity index (χ2n) is 3.02. The zero-order valence-corrected chi connectivity index (χ0v) is 9.60. The fourth-order valence-corrected chi connectivity index (χ4v) is 1.73. The molecule has 0 aromatic heterocycles. The Kier molecular flexibility index (Phi) is 3.71. The molecule has 0 saturated heterocycles. The molecule has 0 amide bonds. The van der Waals surface area contributed by atoms with E-state index in [2.05, 4.69) is 5.32 Å². The van der Waals surface area contributed by atoms with Crippen LogP contribution in [0.3, 0.4) is 0 Å². The van der Waals surface area contributed by atoms with Gasteiger partial charge >= 0.3 is 0 Å². The molecule has 1 aromatic rings. The van der Waals surface area contributed by atoms with Gasteiger partial charge in [0, 0.05) is 16.4 Å². The van der Waals surface area contributed by atoms with E-state index < -0.39 is 9.05 Å². The van der Waals surface area contributed by atoms with Crippen molar-refractivity contribution < 1.29 is 13.2 Å². The van der Waals surface area contributed by atoms with Gasteiger partial charge in [-0.15, -0.1) is 0 Å². The number of carbonyl (C=O) groups is 1. The summed E-state index contributed by atoms with van der Waals surface area (Å²) < 4.78 is 21.8. The molecule has 0 aliphatic carbocycles. The maximum absolute atomic E-state index is 10.9. The molecule has 0 heterocycles. The number of Topliss-reactive ketones (excluding diaryl/α,β-unsaturated/α-hetero) is 1. The van der Waals surface area contributed by atoms with Crippen molar-refractivity contribution in [3.63, 3.8) is 0 Å². The highest BCUT2D eigenvalue weighted by atomic mass is 35.7. The van der Waals surface area contributed by atoms with Crippen LogP contribution in [0.1, 0.15) is 6.92 Å². The number of hydrogen-bond acceptors (Lipinski definition) is 4. The smallest absolute Gasteiger partial charge is 0.261 e. The molecule has 0 spiro atoms. The monoisotopic (exact) mass is 247 g/mol. The van der Waals surface area contributed by atoms with Crippen molar-refractivity contribution in [2.75, 3.05) is 11.9 Å². The second kappa shape index (κ2) is 4.63. The molecule has 6 heteroatoms. The van der Waals surface area contributed by atoms with Crippen LogP contribution in [0.2, 0.25) is 0 Å². The normalized spacial score (nSPS) is 11.1. The Hall–Kier alpha value is -1.07. The lowest BCUT2D eigenvalue weighted by atomic mass is 10.3. The van der Waals surface area contributed by atoms with Gasteiger partial charge in [0.2, 0.25) is 0 Å². The molecule has 1 aromatic carbocycles. The standard InChI is InChI=1S/C9H10ClNO3S/c1-7(12)6-11-8-2-4-9(5-3-8)15(10,13)14/h2-5,11H,6H2,1H3. The van der Waals surface area contributed by atoms with Gasteiger partial charge < -0.3 is 5.32 Å². The van der Waals surface area contributed by atoms with Crippen LogP contribution >= 0.6 is 10.7 Å². The van der Waals surface area contributed by atoms with E-state index in [1.54, 1.807) is 12.1 Å².